The minimum Gasteiger partial charge on any atom is -0.351 e. The van der Waals surface area contributed by atoms with Crippen LogP contribution >= 0.6 is 0 Å². The Bertz CT molecular complexity index is 1260. The van der Waals surface area contributed by atoms with Crippen molar-refractivity contribution in [1.29, 1.82) is 0 Å². The van der Waals surface area contributed by atoms with Gasteiger partial charge in [0.15, 0.2) is 0 Å². The number of hydrazine groups is 3. The lowest BCUT2D eigenvalue weighted by Gasteiger charge is -2.22. The van der Waals surface area contributed by atoms with Gasteiger partial charge in [0.25, 0.3) is 5.91 Å². The molecule has 0 bridgehead atoms. The van der Waals surface area contributed by atoms with Crippen LogP contribution in [0.2, 0.25) is 0 Å². The molecular weight excluding hydrogens is 486 g/mol. The third kappa shape index (κ3) is 5.76. The summed E-state index contributed by atoms with van der Waals surface area (Å²) in [5.74, 6) is -0.369. The Balaban J connectivity index is 2.26. The number of sulfonamides is 2. The van der Waals surface area contributed by atoms with Crippen molar-refractivity contribution in [3.05, 3.63) is 47.5 Å². The predicted octanol–water partition coefficient (Wildman–Crippen LogP) is -2.96. The first kappa shape index (κ1) is 26.1. The van der Waals surface area contributed by atoms with E-state index in [1.807, 2.05) is 0 Å². The van der Waals surface area contributed by atoms with Crippen LogP contribution in [0.25, 0.3) is 11.1 Å². The Morgan fingerprint density at radius 3 is 2.26 bits per heavy atom. The van der Waals surface area contributed by atoms with Crippen molar-refractivity contribution >= 4 is 26.0 Å². The Morgan fingerprint density at radius 1 is 0.971 bits per heavy atom. The average Bonchev–Trinajstić information content (AvgIpc) is 3.34. The van der Waals surface area contributed by atoms with Gasteiger partial charge in [-0.15, -0.1) is 0 Å². The Kier molecular flexibility index (Phi) is 8.31. The molecule has 0 aromatic heterocycles. The minimum atomic E-state index is -4.56. The molecule has 34 heavy (non-hydrogen) atoms. The molecule has 12 N–H and O–H groups in total. The summed E-state index contributed by atoms with van der Waals surface area (Å²) < 4.78 is 53.5. The maximum absolute atomic E-state index is 12.9. The maximum atomic E-state index is 12.9. The summed E-state index contributed by atoms with van der Waals surface area (Å²) in [5.41, 5.74) is 22.6. The second-order valence-electron chi connectivity index (χ2n) is 7.18. The van der Waals surface area contributed by atoms with Crippen molar-refractivity contribution < 1.29 is 21.6 Å². The van der Waals surface area contributed by atoms with Gasteiger partial charge in [-0.3, -0.25) is 4.79 Å². The highest BCUT2D eigenvalue weighted by molar-refractivity contribution is 7.92. The molecule has 0 aliphatic carbocycles. The number of rotatable bonds is 10. The van der Waals surface area contributed by atoms with Crippen LogP contribution in [0.1, 0.15) is 22.1 Å². The first-order chi connectivity index (χ1) is 16.1. The van der Waals surface area contributed by atoms with Gasteiger partial charge < -0.3 is 16.8 Å². The summed E-state index contributed by atoms with van der Waals surface area (Å²) in [6.07, 6.45) is -0.914. The molecule has 16 heteroatoms. The van der Waals surface area contributed by atoms with Crippen LogP contribution in [0.3, 0.4) is 0 Å². The van der Waals surface area contributed by atoms with Crippen molar-refractivity contribution in [3.63, 3.8) is 0 Å². The smallest absolute Gasteiger partial charge is 0.251 e. The van der Waals surface area contributed by atoms with Crippen LogP contribution in [0.5, 0.6) is 0 Å². The molecule has 0 radical (unpaired) electrons. The average molecular weight is 514 g/mol. The Hall–Kier alpha value is -2.51. The molecule has 1 fully saturated rings. The standard InChI is InChI=1S/C18H27N9O5S2/c19-6-8-22-18(28)12-3-1-2-11(10-12)13-4-5-14(34(31,32)23-9-7-20)16(33(21,29)30)15(13)17-24-26-27-25-17/h1-5,10,17,23-27H,6-9,19-20H2,(H,22,28)(H2,21,29,30). The Labute approximate surface area is 197 Å². The highest BCUT2D eigenvalue weighted by Gasteiger charge is 2.34. The van der Waals surface area contributed by atoms with Crippen LogP contribution in [0.4, 0.5) is 0 Å². The molecule has 0 spiro atoms. The van der Waals surface area contributed by atoms with E-state index in [1.165, 1.54) is 6.07 Å². The van der Waals surface area contributed by atoms with Gasteiger partial charge in [-0.1, -0.05) is 18.2 Å². The second kappa shape index (κ2) is 10.8. The van der Waals surface area contributed by atoms with E-state index in [0.717, 1.165) is 6.07 Å². The van der Waals surface area contributed by atoms with E-state index in [0.29, 0.717) is 16.7 Å². The molecule has 2 aromatic rings. The van der Waals surface area contributed by atoms with Crippen molar-refractivity contribution in [2.45, 2.75) is 16.0 Å². The van der Waals surface area contributed by atoms with E-state index in [-0.39, 0.29) is 37.6 Å². The third-order valence-electron chi connectivity index (χ3n) is 4.82. The Morgan fingerprint density at radius 2 is 1.65 bits per heavy atom. The third-order valence-corrected chi connectivity index (χ3v) is 7.46. The molecule has 0 atom stereocenters. The van der Waals surface area contributed by atoms with Gasteiger partial charge >= 0.3 is 0 Å². The van der Waals surface area contributed by atoms with E-state index in [9.17, 15) is 21.6 Å². The summed E-state index contributed by atoms with van der Waals surface area (Å²) in [5, 5.41) is 8.17. The fourth-order valence-corrected chi connectivity index (χ4v) is 6.11. The van der Waals surface area contributed by atoms with Crippen LogP contribution < -0.4 is 48.6 Å². The molecule has 3 rings (SSSR count). The zero-order valence-corrected chi connectivity index (χ0v) is 19.6. The first-order valence-electron chi connectivity index (χ1n) is 10.1. The summed E-state index contributed by atoms with van der Waals surface area (Å²) in [4.78, 5) is 11.3. The molecule has 2 aromatic carbocycles. The van der Waals surface area contributed by atoms with Crippen molar-refractivity contribution in [3.8, 4) is 11.1 Å². The quantitative estimate of drug-likeness (QED) is 0.156. The molecule has 0 unspecified atom stereocenters. The number of nitrogens with one attached hydrogen (secondary N) is 6. The fourth-order valence-electron chi connectivity index (χ4n) is 3.41. The SMILES string of the molecule is NCCNC(=O)c1cccc(-c2ccc(S(=O)(=O)NCCN)c(S(N)(=O)=O)c2C2NNNN2)c1. The molecule has 1 heterocycles. The lowest BCUT2D eigenvalue weighted by molar-refractivity contribution is 0.0954. The first-order valence-corrected chi connectivity index (χ1v) is 13.1. The van der Waals surface area contributed by atoms with Crippen molar-refractivity contribution in [2.75, 3.05) is 26.2 Å². The summed E-state index contributed by atoms with van der Waals surface area (Å²) >= 11 is 0. The number of benzene rings is 2. The van der Waals surface area contributed by atoms with Gasteiger partial charge in [0, 0.05) is 37.3 Å². The number of carbonyl (C=O) groups is 1. The van der Waals surface area contributed by atoms with E-state index in [1.54, 1.807) is 24.3 Å². The molecule has 1 aliphatic rings. The van der Waals surface area contributed by atoms with Crippen molar-refractivity contribution in [2.24, 2.45) is 16.6 Å². The zero-order chi connectivity index (χ0) is 24.9. The normalized spacial score (nSPS) is 14.9. The number of nitrogens with two attached hydrogens (primary N) is 3. The van der Waals surface area contributed by atoms with Crippen LogP contribution in [-0.2, 0) is 20.0 Å². The fraction of sp³-hybridized carbons (Fsp3) is 0.278. The number of hydrogen-bond acceptors (Lipinski definition) is 11. The largest absolute Gasteiger partial charge is 0.351 e. The van der Waals surface area contributed by atoms with Gasteiger partial charge in [-0.25, -0.2) is 37.5 Å². The van der Waals surface area contributed by atoms with Crippen LogP contribution in [0.15, 0.2) is 46.2 Å². The van der Waals surface area contributed by atoms with E-state index in [2.05, 4.69) is 32.0 Å². The molecule has 1 amide bonds. The summed E-state index contributed by atoms with van der Waals surface area (Å²) in [7, 11) is -8.84. The van der Waals surface area contributed by atoms with Crippen LogP contribution in [0, 0.1) is 0 Å². The number of hydrogen-bond donors (Lipinski definition) is 9. The molecule has 14 nitrogen and oxygen atoms in total. The van der Waals surface area contributed by atoms with Gasteiger partial charge in [0.05, 0.1) is 0 Å². The molecular formula is C18H27N9O5S2. The highest BCUT2D eigenvalue weighted by atomic mass is 32.2. The predicted molar refractivity (Wildman–Crippen MR) is 124 cm³/mol. The van der Waals surface area contributed by atoms with Gasteiger partial charge in [-0.05, 0) is 29.3 Å². The van der Waals surface area contributed by atoms with Crippen LogP contribution in [-0.4, -0.2) is 48.9 Å². The molecule has 1 saturated heterocycles. The number of primary sulfonamides is 1. The molecule has 1 aliphatic heterocycles. The van der Waals surface area contributed by atoms with E-state index < -0.39 is 36.0 Å². The number of carbonyl (C=O) groups excluding carboxylic acids is 1. The monoisotopic (exact) mass is 513 g/mol. The van der Waals surface area contributed by atoms with E-state index >= 15 is 0 Å². The van der Waals surface area contributed by atoms with Gasteiger partial charge in [0.2, 0.25) is 20.0 Å². The lowest BCUT2D eigenvalue weighted by Crippen LogP contribution is -2.33. The lowest BCUT2D eigenvalue weighted by atomic mass is 9.96. The summed E-state index contributed by atoms with van der Waals surface area (Å²) in [6.45, 7) is 0.444. The second-order valence-corrected chi connectivity index (χ2v) is 10.4. The topological polar surface area (TPSA) is 236 Å². The van der Waals surface area contributed by atoms with Gasteiger partial charge in [0.1, 0.15) is 16.0 Å². The molecule has 186 valence electrons. The summed E-state index contributed by atoms with van der Waals surface area (Å²) in [6, 6.07) is 9.00. The van der Waals surface area contributed by atoms with Gasteiger partial charge in [-0.2, -0.15) is 11.1 Å². The zero-order valence-electron chi connectivity index (χ0n) is 18.0. The van der Waals surface area contributed by atoms with E-state index in [4.69, 9.17) is 16.6 Å². The molecule has 0 saturated carbocycles. The maximum Gasteiger partial charge on any atom is 0.251 e. The number of amides is 1. The highest BCUT2D eigenvalue weighted by Crippen LogP contribution is 2.36. The van der Waals surface area contributed by atoms with Crippen molar-refractivity contribution in [1.82, 2.24) is 32.0 Å². The minimum absolute atomic E-state index is 0.00741.